The summed E-state index contributed by atoms with van der Waals surface area (Å²) in [6, 6.07) is 11.3. The Morgan fingerprint density at radius 3 is 2.35 bits per heavy atom. The lowest BCUT2D eigenvalue weighted by molar-refractivity contribution is 0.102. The number of piperazine rings is 1. The van der Waals surface area contributed by atoms with Gasteiger partial charge in [-0.2, -0.15) is 0 Å². The fourth-order valence-corrected chi connectivity index (χ4v) is 5.41. The predicted octanol–water partition coefficient (Wildman–Crippen LogP) is 2.71. The molecule has 0 spiro atoms. The molecule has 1 amide bonds. The Morgan fingerprint density at radius 2 is 1.71 bits per heavy atom. The number of carbonyl (C=O) groups excluding carboxylic acids is 1. The number of nitrogens with one attached hydrogen (secondary N) is 1. The van der Waals surface area contributed by atoms with Crippen LogP contribution in [0.2, 0.25) is 0 Å². The van der Waals surface area contributed by atoms with E-state index >= 15 is 0 Å². The first-order chi connectivity index (χ1) is 14.8. The highest BCUT2D eigenvalue weighted by Crippen LogP contribution is 2.31. The van der Waals surface area contributed by atoms with Crippen LogP contribution in [0.15, 0.2) is 36.4 Å². The fourth-order valence-electron chi connectivity index (χ4n) is 4.45. The largest absolute Gasteiger partial charge is 0.369 e. The third kappa shape index (κ3) is 4.55. The number of hydrogen-bond acceptors (Lipinski definition) is 5. The Balaban J connectivity index is 1.45. The van der Waals surface area contributed by atoms with Crippen molar-refractivity contribution in [1.29, 1.82) is 0 Å². The van der Waals surface area contributed by atoms with Crippen molar-refractivity contribution < 1.29 is 13.2 Å². The lowest BCUT2D eigenvalue weighted by atomic mass is 10.1. The lowest BCUT2D eigenvalue weighted by Gasteiger charge is -2.36. The molecule has 2 aromatic carbocycles. The summed E-state index contributed by atoms with van der Waals surface area (Å²) < 4.78 is 25.2. The molecular weight excluding hydrogens is 412 g/mol. The first-order valence-corrected chi connectivity index (χ1v) is 12.6. The first kappa shape index (κ1) is 21.6. The molecule has 0 aromatic heterocycles. The van der Waals surface area contributed by atoms with Gasteiger partial charge >= 0.3 is 0 Å². The van der Waals surface area contributed by atoms with Crippen molar-refractivity contribution in [2.45, 2.75) is 20.3 Å². The molecule has 2 aliphatic heterocycles. The van der Waals surface area contributed by atoms with Crippen LogP contribution >= 0.6 is 0 Å². The van der Waals surface area contributed by atoms with Gasteiger partial charge in [-0.25, -0.2) is 8.42 Å². The van der Waals surface area contributed by atoms with Crippen molar-refractivity contribution >= 4 is 33.0 Å². The van der Waals surface area contributed by atoms with E-state index in [9.17, 15) is 13.2 Å². The average Bonchev–Trinajstić information content (AvgIpc) is 3.18. The standard InChI is InChI=1S/C23H30N4O3S/c1-4-25-11-13-26(14-12-25)21-8-6-20(15-17(21)2)24-23(28)19-5-7-22-18(16-19)9-10-27(22)31(3,29)30/h5-8,15-16H,4,9-14H2,1-3H3,(H,24,28). The second-order valence-corrected chi connectivity index (χ2v) is 10.2. The number of carbonyl (C=O) groups is 1. The number of hydrogen-bond donors (Lipinski definition) is 1. The van der Waals surface area contributed by atoms with Gasteiger partial charge in [-0.1, -0.05) is 6.92 Å². The maximum Gasteiger partial charge on any atom is 0.255 e. The van der Waals surface area contributed by atoms with Crippen molar-refractivity contribution in [1.82, 2.24) is 4.90 Å². The number of benzene rings is 2. The molecule has 7 nitrogen and oxygen atoms in total. The number of rotatable bonds is 5. The predicted molar refractivity (Wildman–Crippen MR) is 126 cm³/mol. The second-order valence-electron chi connectivity index (χ2n) is 8.31. The Kier molecular flexibility index (Phi) is 5.94. The van der Waals surface area contributed by atoms with Crippen LogP contribution < -0.4 is 14.5 Å². The van der Waals surface area contributed by atoms with E-state index in [-0.39, 0.29) is 5.91 Å². The molecule has 0 atom stereocenters. The van der Waals surface area contributed by atoms with Gasteiger partial charge in [-0.05, 0) is 67.4 Å². The van der Waals surface area contributed by atoms with E-state index in [1.165, 1.54) is 16.2 Å². The van der Waals surface area contributed by atoms with Gasteiger partial charge in [0.05, 0.1) is 11.9 Å². The molecule has 2 heterocycles. The Hall–Kier alpha value is -2.58. The number of nitrogens with zero attached hydrogens (tertiary/aromatic N) is 3. The van der Waals surface area contributed by atoms with Gasteiger partial charge in [-0.15, -0.1) is 0 Å². The van der Waals surface area contributed by atoms with Crippen LogP contribution in [0.3, 0.4) is 0 Å². The summed E-state index contributed by atoms with van der Waals surface area (Å²) in [4.78, 5) is 17.7. The minimum absolute atomic E-state index is 0.190. The molecule has 1 fully saturated rings. The number of fused-ring (bicyclic) bond motifs is 1. The molecule has 1 saturated heterocycles. The van der Waals surface area contributed by atoms with Crippen molar-refractivity contribution in [3.05, 3.63) is 53.1 Å². The van der Waals surface area contributed by atoms with E-state index in [1.54, 1.807) is 18.2 Å². The molecule has 2 aromatic rings. The van der Waals surface area contributed by atoms with Gasteiger partial charge in [0.1, 0.15) is 0 Å². The summed E-state index contributed by atoms with van der Waals surface area (Å²) in [6.07, 6.45) is 1.82. The number of anilines is 3. The van der Waals surface area contributed by atoms with Crippen LogP contribution in [0.1, 0.15) is 28.4 Å². The van der Waals surface area contributed by atoms with E-state index < -0.39 is 10.0 Å². The summed E-state index contributed by atoms with van der Waals surface area (Å²) in [5.74, 6) is -0.190. The van der Waals surface area contributed by atoms with Crippen LogP contribution in [-0.4, -0.2) is 64.7 Å². The second kappa shape index (κ2) is 8.51. The molecule has 1 N–H and O–H groups in total. The van der Waals surface area contributed by atoms with Gasteiger partial charge in [0.2, 0.25) is 10.0 Å². The Bertz CT molecular complexity index is 1090. The molecule has 166 valence electrons. The zero-order valence-corrected chi connectivity index (χ0v) is 19.2. The fraction of sp³-hybridized carbons (Fsp3) is 0.435. The lowest BCUT2D eigenvalue weighted by Crippen LogP contribution is -2.46. The van der Waals surface area contributed by atoms with Gasteiger partial charge in [0.15, 0.2) is 0 Å². The molecular formula is C23H30N4O3S. The van der Waals surface area contributed by atoms with Crippen LogP contribution in [-0.2, 0) is 16.4 Å². The van der Waals surface area contributed by atoms with E-state index in [0.29, 0.717) is 24.2 Å². The number of sulfonamides is 1. The van der Waals surface area contributed by atoms with Gasteiger partial charge in [-0.3, -0.25) is 9.10 Å². The SMILES string of the molecule is CCN1CCN(c2ccc(NC(=O)c3ccc4c(c3)CCN4S(C)(=O)=O)cc2C)CC1. The topological polar surface area (TPSA) is 73.0 Å². The van der Waals surface area contributed by atoms with E-state index in [1.807, 2.05) is 12.1 Å². The van der Waals surface area contributed by atoms with Crippen molar-refractivity contribution in [3.63, 3.8) is 0 Å². The molecule has 0 unspecified atom stereocenters. The van der Waals surface area contributed by atoms with Crippen LogP contribution in [0.25, 0.3) is 0 Å². The molecule has 0 radical (unpaired) electrons. The molecule has 31 heavy (non-hydrogen) atoms. The van der Waals surface area contributed by atoms with Gasteiger partial charge < -0.3 is 15.1 Å². The highest BCUT2D eigenvalue weighted by atomic mass is 32.2. The van der Waals surface area contributed by atoms with Crippen molar-refractivity contribution in [2.24, 2.45) is 0 Å². The van der Waals surface area contributed by atoms with E-state index in [0.717, 1.165) is 49.5 Å². The molecule has 4 rings (SSSR count). The Labute approximate surface area is 184 Å². The molecule has 8 heteroatoms. The molecule has 0 aliphatic carbocycles. The monoisotopic (exact) mass is 442 g/mol. The summed E-state index contributed by atoms with van der Waals surface area (Å²) >= 11 is 0. The number of likely N-dealkylation sites (N-methyl/N-ethyl adjacent to an activating group) is 1. The van der Waals surface area contributed by atoms with Crippen LogP contribution in [0.5, 0.6) is 0 Å². The minimum Gasteiger partial charge on any atom is -0.369 e. The summed E-state index contributed by atoms with van der Waals surface area (Å²) in [5, 5.41) is 2.98. The third-order valence-electron chi connectivity index (χ3n) is 6.21. The van der Waals surface area contributed by atoms with E-state index in [2.05, 4.69) is 35.0 Å². The third-order valence-corrected chi connectivity index (χ3v) is 7.39. The van der Waals surface area contributed by atoms with Gasteiger partial charge in [0, 0.05) is 49.7 Å². The van der Waals surface area contributed by atoms with Crippen LogP contribution in [0, 0.1) is 6.92 Å². The van der Waals surface area contributed by atoms with Crippen molar-refractivity contribution in [3.8, 4) is 0 Å². The smallest absolute Gasteiger partial charge is 0.255 e. The summed E-state index contributed by atoms with van der Waals surface area (Å²) in [7, 11) is -3.29. The van der Waals surface area contributed by atoms with Crippen molar-refractivity contribution in [2.75, 3.05) is 60.0 Å². The van der Waals surface area contributed by atoms with Gasteiger partial charge in [0.25, 0.3) is 5.91 Å². The average molecular weight is 443 g/mol. The maximum atomic E-state index is 12.8. The number of aryl methyl sites for hydroxylation is 1. The summed E-state index contributed by atoms with van der Waals surface area (Å²) in [6.45, 7) is 9.96. The first-order valence-electron chi connectivity index (χ1n) is 10.8. The summed E-state index contributed by atoms with van der Waals surface area (Å²) in [5.41, 5.74) is 5.20. The number of amides is 1. The highest BCUT2D eigenvalue weighted by molar-refractivity contribution is 7.92. The zero-order valence-electron chi connectivity index (χ0n) is 18.4. The van der Waals surface area contributed by atoms with Crippen LogP contribution in [0.4, 0.5) is 17.1 Å². The molecule has 0 bridgehead atoms. The quantitative estimate of drug-likeness (QED) is 0.771. The molecule has 0 saturated carbocycles. The Morgan fingerprint density at radius 1 is 1.00 bits per heavy atom. The minimum atomic E-state index is -3.29. The maximum absolute atomic E-state index is 12.8. The normalized spacial score (nSPS) is 17.0. The zero-order chi connectivity index (χ0) is 22.2. The molecule has 2 aliphatic rings. The highest BCUT2D eigenvalue weighted by Gasteiger charge is 2.27. The van der Waals surface area contributed by atoms with E-state index in [4.69, 9.17) is 0 Å².